The van der Waals surface area contributed by atoms with Gasteiger partial charge in [-0.3, -0.25) is 0 Å². The van der Waals surface area contributed by atoms with E-state index in [9.17, 15) is 0 Å². The Bertz CT molecular complexity index is 192. The summed E-state index contributed by atoms with van der Waals surface area (Å²) in [6.07, 6.45) is 11.3. The molecule has 0 aliphatic heterocycles. The van der Waals surface area contributed by atoms with Gasteiger partial charge < -0.3 is 0 Å². The van der Waals surface area contributed by atoms with Crippen LogP contribution in [0.15, 0.2) is 11.6 Å². The van der Waals surface area contributed by atoms with Crippen LogP contribution in [0.3, 0.4) is 0 Å². The standard InChI is InChI=1S/C5H9.3C4H9.Sn/c1-4-5(2)3;3*1-3-4-2;/h4H,1H2,2-3H3;3*1,3-4H2,2H3;. The molecule has 0 rings (SSSR count). The molecule has 0 aromatic carbocycles. The van der Waals surface area contributed by atoms with E-state index in [1.165, 1.54) is 43.0 Å². The predicted octanol–water partition coefficient (Wildman–Crippen LogP) is 6.80. The van der Waals surface area contributed by atoms with Crippen LogP contribution in [0.4, 0.5) is 0 Å². The molecule has 0 bridgehead atoms. The van der Waals surface area contributed by atoms with Gasteiger partial charge in [0.2, 0.25) is 0 Å². The molecule has 0 spiro atoms. The maximum atomic E-state index is 2.58. The molecule has 1 heteroatoms. The van der Waals surface area contributed by atoms with Gasteiger partial charge in [-0.15, -0.1) is 0 Å². The zero-order valence-electron chi connectivity index (χ0n) is 13.6. The third-order valence-corrected chi connectivity index (χ3v) is 19.3. The van der Waals surface area contributed by atoms with E-state index in [1.807, 2.05) is 0 Å². The second-order valence-electron chi connectivity index (χ2n) is 6.30. The summed E-state index contributed by atoms with van der Waals surface area (Å²) in [5, 5.41) is 0. The zero-order chi connectivity index (χ0) is 13.9. The van der Waals surface area contributed by atoms with Crippen molar-refractivity contribution in [3.63, 3.8) is 0 Å². The molecule has 0 fully saturated rings. The first-order valence-electron chi connectivity index (χ1n) is 8.23. The number of unbranched alkanes of at least 4 members (excludes halogenated alkanes) is 3. The summed E-state index contributed by atoms with van der Waals surface area (Å²) < 4.78 is 6.47. The van der Waals surface area contributed by atoms with Crippen molar-refractivity contribution in [2.45, 2.75) is 90.9 Å². The second kappa shape index (κ2) is 11.4. The fourth-order valence-corrected chi connectivity index (χ4v) is 18.5. The number of hydrogen-bond donors (Lipinski definition) is 0. The summed E-state index contributed by atoms with van der Waals surface area (Å²) in [5.74, 6) is 0. The van der Waals surface area contributed by atoms with Crippen LogP contribution < -0.4 is 0 Å². The van der Waals surface area contributed by atoms with Crippen molar-refractivity contribution in [1.82, 2.24) is 0 Å². The molecule has 0 atom stereocenters. The Morgan fingerprint density at radius 2 is 1.17 bits per heavy atom. The molecular formula is C17H36Sn. The Labute approximate surface area is 121 Å². The Morgan fingerprint density at radius 1 is 0.778 bits per heavy atom. The summed E-state index contributed by atoms with van der Waals surface area (Å²) in [5.41, 5.74) is 1.54. The molecule has 0 amide bonds. The van der Waals surface area contributed by atoms with Crippen molar-refractivity contribution in [3.8, 4) is 0 Å². The van der Waals surface area contributed by atoms with E-state index in [2.05, 4.69) is 40.7 Å². The van der Waals surface area contributed by atoms with E-state index in [0.717, 1.165) is 0 Å². The molecule has 0 nitrogen and oxygen atoms in total. The van der Waals surface area contributed by atoms with Crippen LogP contribution in [-0.4, -0.2) is 18.4 Å². The van der Waals surface area contributed by atoms with Gasteiger partial charge in [-0.1, -0.05) is 0 Å². The molecular weight excluding hydrogens is 323 g/mol. The number of hydrogen-bond acceptors (Lipinski definition) is 0. The SMILES string of the molecule is CCC[CH2][Sn]([CH2]C=C(C)C)([CH2]CCC)[CH2]CCC. The zero-order valence-corrected chi connectivity index (χ0v) is 16.5. The molecule has 0 aromatic rings. The van der Waals surface area contributed by atoms with Gasteiger partial charge in [-0.25, -0.2) is 0 Å². The van der Waals surface area contributed by atoms with Gasteiger partial charge in [-0.05, 0) is 0 Å². The van der Waals surface area contributed by atoms with E-state index in [1.54, 1.807) is 18.9 Å². The van der Waals surface area contributed by atoms with E-state index in [-0.39, 0.29) is 0 Å². The molecule has 0 unspecified atom stereocenters. The number of rotatable bonds is 11. The third kappa shape index (κ3) is 8.61. The van der Waals surface area contributed by atoms with Gasteiger partial charge in [0.1, 0.15) is 0 Å². The van der Waals surface area contributed by atoms with Crippen molar-refractivity contribution >= 4 is 18.4 Å². The van der Waals surface area contributed by atoms with Crippen LogP contribution in [0.5, 0.6) is 0 Å². The molecule has 0 aliphatic carbocycles. The maximum absolute atomic E-state index is 2.58. The van der Waals surface area contributed by atoms with Crippen molar-refractivity contribution < 1.29 is 0 Å². The predicted molar refractivity (Wildman–Crippen MR) is 89.1 cm³/mol. The minimum atomic E-state index is -1.82. The Balaban J connectivity index is 4.67. The van der Waals surface area contributed by atoms with Gasteiger partial charge in [0.05, 0.1) is 0 Å². The van der Waals surface area contributed by atoms with Crippen molar-refractivity contribution in [2.75, 3.05) is 0 Å². The quantitative estimate of drug-likeness (QED) is 0.281. The molecule has 18 heavy (non-hydrogen) atoms. The van der Waals surface area contributed by atoms with Crippen molar-refractivity contribution in [2.24, 2.45) is 0 Å². The van der Waals surface area contributed by atoms with Crippen LogP contribution in [0.25, 0.3) is 0 Å². The topological polar surface area (TPSA) is 0 Å². The van der Waals surface area contributed by atoms with Gasteiger partial charge >= 0.3 is 121 Å². The van der Waals surface area contributed by atoms with Crippen LogP contribution in [0, 0.1) is 0 Å². The van der Waals surface area contributed by atoms with Crippen LogP contribution >= 0.6 is 0 Å². The Morgan fingerprint density at radius 3 is 1.44 bits per heavy atom. The van der Waals surface area contributed by atoms with Gasteiger partial charge in [0.25, 0.3) is 0 Å². The van der Waals surface area contributed by atoms with Crippen LogP contribution in [-0.2, 0) is 0 Å². The second-order valence-corrected chi connectivity index (χ2v) is 20.3. The minimum absolute atomic E-state index is 1.39. The van der Waals surface area contributed by atoms with Gasteiger partial charge in [0, 0.05) is 0 Å². The molecule has 0 radical (unpaired) electrons. The summed E-state index contributed by atoms with van der Waals surface area (Å²) in [6.45, 7) is 11.6. The summed E-state index contributed by atoms with van der Waals surface area (Å²) in [7, 11) is 0. The summed E-state index contributed by atoms with van der Waals surface area (Å²) in [6, 6.07) is 0. The Hall–Kier alpha value is 0.539. The normalized spacial score (nSPS) is 11.6. The molecule has 0 saturated heterocycles. The first kappa shape index (κ1) is 18.5. The van der Waals surface area contributed by atoms with E-state index in [0.29, 0.717) is 0 Å². The number of allylic oxidation sites excluding steroid dienone is 2. The average molecular weight is 359 g/mol. The fraction of sp³-hybridized carbons (Fsp3) is 0.882. The monoisotopic (exact) mass is 360 g/mol. The fourth-order valence-electron chi connectivity index (χ4n) is 2.76. The molecule has 0 aromatic heterocycles. The molecule has 0 saturated carbocycles. The molecule has 0 aliphatic rings. The van der Waals surface area contributed by atoms with Crippen LogP contribution in [0.1, 0.15) is 73.1 Å². The summed E-state index contributed by atoms with van der Waals surface area (Å²) >= 11 is -1.82. The first-order chi connectivity index (χ1) is 8.60. The van der Waals surface area contributed by atoms with E-state index < -0.39 is 18.4 Å². The van der Waals surface area contributed by atoms with Gasteiger partial charge in [0.15, 0.2) is 0 Å². The molecule has 0 N–H and O–H groups in total. The Kier molecular flexibility index (Phi) is 11.7. The van der Waals surface area contributed by atoms with Gasteiger partial charge in [-0.2, -0.15) is 0 Å². The molecule has 108 valence electrons. The first-order valence-corrected chi connectivity index (χ1v) is 16.3. The third-order valence-electron chi connectivity index (χ3n) is 4.13. The summed E-state index contributed by atoms with van der Waals surface area (Å²) in [4.78, 5) is 0. The average Bonchev–Trinajstić information content (AvgIpc) is 2.37. The van der Waals surface area contributed by atoms with Crippen molar-refractivity contribution in [1.29, 1.82) is 0 Å². The molecule has 0 heterocycles. The van der Waals surface area contributed by atoms with E-state index in [4.69, 9.17) is 0 Å². The van der Waals surface area contributed by atoms with Crippen molar-refractivity contribution in [3.05, 3.63) is 11.6 Å². The van der Waals surface area contributed by atoms with Crippen LogP contribution in [0.2, 0.25) is 17.7 Å². The van der Waals surface area contributed by atoms with E-state index >= 15 is 0 Å².